The molecule has 9 heteroatoms. The molecule has 1 aliphatic carbocycles. The number of nitrogen functional groups attached to an aromatic ring is 1. The van der Waals surface area contributed by atoms with E-state index in [1.807, 2.05) is 70.3 Å². The van der Waals surface area contributed by atoms with E-state index in [1.165, 1.54) is 19.2 Å². The highest BCUT2D eigenvalue weighted by molar-refractivity contribution is 5.98. The monoisotopic (exact) mass is 537 g/mol. The van der Waals surface area contributed by atoms with Gasteiger partial charge in [0.05, 0.1) is 11.4 Å². The number of benzene rings is 2. The third kappa shape index (κ3) is 5.56. The molecule has 2 aromatic heterocycles. The number of likely N-dealkylation sites (N-methyl/N-ethyl adjacent to an activating group) is 1. The maximum atomic E-state index is 13.1. The zero-order chi connectivity index (χ0) is 27.5. The molecule has 0 radical (unpaired) electrons. The van der Waals surface area contributed by atoms with Gasteiger partial charge in [0.25, 0.3) is 0 Å². The molecule has 1 saturated heterocycles. The SMILES string of the molecule is CCN(C/C=C/C(=O)N1CCC[C@@H](n2nc(-c3ccc(Oc4ccccc4)cc3)c3c(N)ncnc32)C1)C1CC1. The Morgan fingerprint density at radius 2 is 1.85 bits per heavy atom. The van der Waals surface area contributed by atoms with Gasteiger partial charge in [0, 0.05) is 37.3 Å². The number of carbonyl (C=O) groups excluding carboxylic acids is 1. The van der Waals surface area contributed by atoms with Gasteiger partial charge in [-0.2, -0.15) is 5.10 Å². The molecule has 0 spiro atoms. The fourth-order valence-corrected chi connectivity index (χ4v) is 5.48. The molecule has 4 aromatic rings. The zero-order valence-electron chi connectivity index (χ0n) is 22.8. The van der Waals surface area contributed by atoms with Crippen LogP contribution in [0, 0.1) is 0 Å². The second kappa shape index (κ2) is 11.5. The van der Waals surface area contributed by atoms with E-state index in [0.29, 0.717) is 24.1 Å². The van der Waals surface area contributed by atoms with E-state index in [2.05, 4.69) is 21.8 Å². The van der Waals surface area contributed by atoms with Crippen LogP contribution < -0.4 is 10.5 Å². The van der Waals surface area contributed by atoms with E-state index >= 15 is 0 Å². The summed E-state index contributed by atoms with van der Waals surface area (Å²) in [7, 11) is 0. The largest absolute Gasteiger partial charge is 0.457 e. The molecule has 2 aliphatic rings. The van der Waals surface area contributed by atoms with E-state index in [9.17, 15) is 4.79 Å². The molecule has 2 fully saturated rings. The number of para-hydroxylation sites is 1. The number of nitrogens with two attached hydrogens (primary N) is 1. The predicted molar refractivity (Wildman–Crippen MR) is 156 cm³/mol. The standard InChI is InChI=1S/C31H35N7O2/c1-2-36(23-14-15-23)18-7-11-27(39)37-19-6-8-24(20-37)38-31-28(30(32)33-21-34-31)29(35-38)22-12-16-26(17-13-22)40-25-9-4-3-5-10-25/h3-5,7,9-13,16-17,21,23-24H,2,6,8,14-15,18-20H2,1H3,(H2,32,33,34)/b11-7+/t24-/m1/s1. The van der Waals surface area contributed by atoms with Gasteiger partial charge in [-0.15, -0.1) is 0 Å². The van der Waals surface area contributed by atoms with Gasteiger partial charge in [0.1, 0.15) is 29.3 Å². The van der Waals surface area contributed by atoms with Crippen LogP contribution in [-0.2, 0) is 4.79 Å². The van der Waals surface area contributed by atoms with Gasteiger partial charge >= 0.3 is 0 Å². The van der Waals surface area contributed by atoms with Crippen molar-refractivity contribution in [1.82, 2.24) is 29.5 Å². The van der Waals surface area contributed by atoms with Crippen molar-refractivity contribution in [2.45, 2.75) is 44.7 Å². The number of nitrogens with zero attached hydrogens (tertiary/aromatic N) is 6. The van der Waals surface area contributed by atoms with Crippen LogP contribution in [0.4, 0.5) is 5.82 Å². The van der Waals surface area contributed by atoms with E-state index in [-0.39, 0.29) is 11.9 Å². The van der Waals surface area contributed by atoms with Crippen LogP contribution in [0.2, 0.25) is 0 Å². The third-order valence-corrected chi connectivity index (χ3v) is 7.75. The molecule has 2 N–H and O–H groups in total. The lowest BCUT2D eigenvalue weighted by atomic mass is 10.1. The number of fused-ring (bicyclic) bond motifs is 1. The van der Waals surface area contributed by atoms with Crippen LogP contribution in [0.15, 0.2) is 73.1 Å². The quantitative estimate of drug-likeness (QED) is 0.297. The molecule has 1 amide bonds. The number of hydrogen-bond donors (Lipinski definition) is 1. The number of anilines is 1. The minimum atomic E-state index is -0.00376. The molecular formula is C31H35N7O2. The van der Waals surface area contributed by atoms with Crippen molar-refractivity contribution in [3.8, 4) is 22.8 Å². The van der Waals surface area contributed by atoms with Crippen molar-refractivity contribution in [3.63, 3.8) is 0 Å². The molecule has 40 heavy (non-hydrogen) atoms. The first-order valence-electron chi connectivity index (χ1n) is 14.1. The first-order chi connectivity index (χ1) is 19.6. The highest BCUT2D eigenvalue weighted by Gasteiger charge is 2.29. The predicted octanol–water partition coefficient (Wildman–Crippen LogP) is 5.07. The number of piperidine rings is 1. The minimum absolute atomic E-state index is 0.00376. The summed E-state index contributed by atoms with van der Waals surface area (Å²) in [6.07, 6.45) is 9.56. The zero-order valence-corrected chi connectivity index (χ0v) is 22.8. The van der Waals surface area contributed by atoms with E-state index in [0.717, 1.165) is 60.6 Å². The Labute approximate surface area is 234 Å². The first kappa shape index (κ1) is 26.0. The van der Waals surface area contributed by atoms with Crippen LogP contribution in [-0.4, -0.2) is 67.7 Å². The molecule has 1 atom stereocenters. The van der Waals surface area contributed by atoms with Crippen molar-refractivity contribution in [3.05, 3.63) is 73.1 Å². The second-order valence-corrected chi connectivity index (χ2v) is 10.5. The Morgan fingerprint density at radius 1 is 1.07 bits per heavy atom. The summed E-state index contributed by atoms with van der Waals surface area (Å²) in [6, 6.07) is 18.1. The van der Waals surface area contributed by atoms with Gasteiger partial charge in [-0.05, 0) is 68.6 Å². The Hall–Kier alpha value is -4.24. The summed E-state index contributed by atoms with van der Waals surface area (Å²) in [5.74, 6) is 1.95. The minimum Gasteiger partial charge on any atom is -0.457 e. The summed E-state index contributed by atoms with van der Waals surface area (Å²) in [6.45, 7) is 5.33. The van der Waals surface area contributed by atoms with Crippen LogP contribution in [0.25, 0.3) is 22.3 Å². The van der Waals surface area contributed by atoms with Gasteiger partial charge in [-0.3, -0.25) is 9.69 Å². The second-order valence-electron chi connectivity index (χ2n) is 10.5. The van der Waals surface area contributed by atoms with Crippen molar-refractivity contribution in [1.29, 1.82) is 0 Å². The first-order valence-corrected chi connectivity index (χ1v) is 14.1. The van der Waals surface area contributed by atoms with Crippen molar-refractivity contribution >= 4 is 22.8 Å². The molecule has 0 bridgehead atoms. The number of ether oxygens (including phenoxy) is 1. The van der Waals surface area contributed by atoms with Crippen molar-refractivity contribution < 1.29 is 9.53 Å². The Kier molecular flexibility index (Phi) is 7.46. The normalized spacial score (nSPS) is 17.6. The van der Waals surface area contributed by atoms with Crippen molar-refractivity contribution in [2.24, 2.45) is 0 Å². The molecule has 0 unspecified atom stereocenters. The molecule has 6 rings (SSSR count). The Bertz CT molecular complexity index is 1500. The summed E-state index contributed by atoms with van der Waals surface area (Å²) >= 11 is 0. The third-order valence-electron chi connectivity index (χ3n) is 7.75. The van der Waals surface area contributed by atoms with Gasteiger partial charge in [0.2, 0.25) is 5.91 Å². The average Bonchev–Trinajstić information content (AvgIpc) is 3.76. The number of amides is 1. The molecule has 206 valence electrons. The highest BCUT2D eigenvalue weighted by atomic mass is 16.5. The summed E-state index contributed by atoms with van der Waals surface area (Å²) in [5, 5.41) is 5.73. The molecular weight excluding hydrogens is 502 g/mol. The van der Waals surface area contributed by atoms with E-state index < -0.39 is 0 Å². The number of carbonyl (C=O) groups is 1. The molecule has 3 heterocycles. The van der Waals surface area contributed by atoms with Crippen LogP contribution in [0.5, 0.6) is 11.5 Å². The number of rotatable bonds is 9. The summed E-state index contributed by atoms with van der Waals surface area (Å²) in [5.41, 5.74) is 8.66. The smallest absolute Gasteiger partial charge is 0.246 e. The van der Waals surface area contributed by atoms with Crippen LogP contribution in [0.1, 0.15) is 38.6 Å². The molecule has 9 nitrogen and oxygen atoms in total. The molecule has 2 aromatic carbocycles. The maximum absolute atomic E-state index is 13.1. The number of aromatic nitrogens is 4. The van der Waals surface area contributed by atoms with E-state index in [1.54, 1.807) is 6.08 Å². The molecule has 1 aliphatic heterocycles. The summed E-state index contributed by atoms with van der Waals surface area (Å²) < 4.78 is 7.89. The van der Waals surface area contributed by atoms with Gasteiger partial charge < -0.3 is 15.4 Å². The Balaban J connectivity index is 1.22. The van der Waals surface area contributed by atoms with Crippen LogP contribution in [0.3, 0.4) is 0 Å². The Morgan fingerprint density at radius 3 is 2.60 bits per heavy atom. The average molecular weight is 538 g/mol. The highest BCUT2D eigenvalue weighted by Crippen LogP contribution is 2.35. The van der Waals surface area contributed by atoms with Gasteiger partial charge in [-0.25, -0.2) is 14.6 Å². The molecule has 1 saturated carbocycles. The summed E-state index contributed by atoms with van der Waals surface area (Å²) in [4.78, 5) is 26.2. The van der Waals surface area contributed by atoms with Gasteiger partial charge in [0.15, 0.2) is 5.65 Å². The van der Waals surface area contributed by atoms with Crippen LogP contribution >= 0.6 is 0 Å². The number of likely N-dealkylation sites (tertiary alicyclic amines) is 1. The van der Waals surface area contributed by atoms with Gasteiger partial charge in [-0.1, -0.05) is 31.2 Å². The lowest BCUT2D eigenvalue weighted by molar-refractivity contribution is -0.127. The lowest BCUT2D eigenvalue weighted by Crippen LogP contribution is -2.40. The topological polar surface area (TPSA) is 102 Å². The maximum Gasteiger partial charge on any atom is 0.246 e. The van der Waals surface area contributed by atoms with E-state index in [4.69, 9.17) is 15.6 Å². The fraction of sp³-hybridized carbons (Fsp3) is 0.355. The lowest BCUT2D eigenvalue weighted by Gasteiger charge is -2.32. The fourth-order valence-electron chi connectivity index (χ4n) is 5.48. The number of hydrogen-bond acceptors (Lipinski definition) is 7. The van der Waals surface area contributed by atoms with Crippen molar-refractivity contribution in [2.75, 3.05) is 31.9 Å².